The van der Waals surface area contributed by atoms with Crippen molar-refractivity contribution < 1.29 is 18.3 Å². The standard InChI is InChI=1S/C20H16N4O4S/c21-11-13(12-23-14-7-9-15(10-8-14)29(22,27)28)20(26)24-18-5-1-4-17-16(18)3-2-6-19(17)25/h1-10,12,23,25H,(H,24,26)(H2,22,27,28)/b13-12-. The van der Waals surface area contributed by atoms with Gasteiger partial charge in [-0.1, -0.05) is 24.3 Å². The molecular formula is C20H16N4O4S. The zero-order valence-electron chi connectivity index (χ0n) is 15.0. The summed E-state index contributed by atoms with van der Waals surface area (Å²) < 4.78 is 22.5. The minimum absolute atomic E-state index is 0.0514. The van der Waals surface area contributed by atoms with Crippen molar-refractivity contribution in [3.8, 4) is 11.8 Å². The van der Waals surface area contributed by atoms with Crippen LogP contribution < -0.4 is 15.8 Å². The highest BCUT2D eigenvalue weighted by Gasteiger charge is 2.12. The van der Waals surface area contributed by atoms with Gasteiger partial charge in [0.2, 0.25) is 10.0 Å². The summed E-state index contributed by atoms with van der Waals surface area (Å²) in [5.41, 5.74) is 0.716. The van der Waals surface area contributed by atoms with Crippen LogP contribution in [0.5, 0.6) is 5.75 Å². The van der Waals surface area contributed by atoms with Crippen LogP contribution >= 0.6 is 0 Å². The minimum atomic E-state index is -3.80. The SMILES string of the molecule is N#C/C(=C/Nc1ccc(S(N)(=O)=O)cc1)C(=O)Nc1cccc2c(O)cccc12. The molecule has 0 aromatic heterocycles. The number of hydrogen-bond acceptors (Lipinski definition) is 6. The van der Waals surface area contributed by atoms with Crippen molar-refractivity contribution in [2.45, 2.75) is 4.90 Å². The third-order valence-corrected chi connectivity index (χ3v) is 5.01. The number of sulfonamides is 1. The first-order valence-corrected chi connectivity index (χ1v) is 9.86. The maximum Gasteiger partial charge on any atom is 0.267 e. The molecule has 5 N–H and O–H groups in total. The number of carbonyl (C=O) groups excluding carboxylic acids is 1. The Labute approximate surface area is 166 Å². The van der Waals surface area contributed by atoms with Gasteiger partial charge in [-0.05, 0) is 36.4 Å². The number of primary sulfonamides is 1. The first kappa shape index (κ1) is 19.9. The van der Waals surface area contributed by atoms with Crippen LogP contribution in [0.3, 0.4) is 0 Å². The summed E-state index contributed by atoms with van der Waals surface area (Å²) in [5.74, 6) is -0.559. The molecule has 0 spiro atoms. The highest BCUT2D eigenvalue weighted by molar-refractivity contribution is 7.89. The Hall–Kier alpha value is -3.87. The fourth-order valence-electron chi connectivity index (χ4n) is 2.64. The van der Waals surface area contributed by atoms with Gasteiger partial charge in [0.05, 0.1) is 4.90 Å². The Bertz CT molecular complexity index is 1260. The molecule has 0 bridgehead atoms. The van der Waals surface area contributed by atoms with E-state index in [1.54, 1.807) is 36.4 Å². The molecule has 0 saturated carbocycles. The second kappa shape index (κ2) is 8.02. The van der Waals surface area contributed by atoms with Crippen LogP contribution in [-0.4, -0.2) is 19.4 Å². The molecular weight excluding hydrogens is 392 g/mol. The van der Waals surface area contributed by atoms with Gasteiger partial charge in [-0.25, -0.2) is 13.6 Å². The Kier molecular flexibility index (Phi) is 5.50. The van der Waals surface area contributed by atoms with Crippen molar-refractivity contribution in [3.63, 3.8) is 0 Å². The number of nitriles is 1. The monoisotopic (exact) mass is 408 g/mol. The normalized spacial score (nSPS) is 11.7. The summed E-state index contributed by atoms with van der Waals surface area (Å²) in [7, 11) is -3.80. The van der Waals surface area contributed by atoms with Gasteiger partial charge < -0.3 is 15.7 Å². The lowest BCUT2D eigenvalue weighted by Gasteiger charge is -2.09. The van der Waals surface area contributed by atoms with Crippen molar-refractivity contribution >= 4 is 38.1 Å². The molecule has 3 rings (SSSR count). The molecule has 1 amide bonds. The summed E-state index contributed by atoms with van der Waals surface area (Å²) in [6, 6.07) is 17.3. The van der Waals surface area contributed by atoms with Crippen LogP contribution in [0.4, 0.5) is 11.4 Å². The first-order chi connectivity index (χ1) is 13.8. The lowest BCUT2D eigenvalue weighted by molar-refractivity contribution is -0.112. The average molecular weight is 408 g/mol. The van der Waals surface area contributed by atoms with Gasteiger partial charge in [0.15, 0.2) is 0 Å². The van der Waals surface area contributed by atoms with Gasteiger partial charge in [-0.2, -0.15) is 5.26 Å². The topological polar surface area (TPSA) is 145 Å². The largest absolute Gasteiger partial charge is 0.507 e. The smallest absolute Gasteiger partial charge is 0.267 e. The van der Waals surface area contributed by atoms with E-state index in [1.165, 1.54) is 30.5 Å². The first-order valence-electron chi connectivity index (χ1n) is 8.31. The molecule has 0 heterocycles. The van der Waals surface area contributed by atoms with E-state index in [1.807, 2.05) is 6.07 Å². The van der Waals surface area contributed by atoms with Gasteiger partial charge in [0.1, 0.15) is 17.4 Å². The number of aromatic hydroxyl groups is 1. The number of fused-ring (bicyclic) bond motifs is 1. The Morgan fingerprint density at radius 3 is 2.34 bits per heavy atom. The van der Waals surface area contributed by atoms with E-state index in [-0.39, 0.29) is 16.2 Å². The fourth-order valence-corrected chi connectivity index (χ4v) is 3.15. The van der Waals surface area contributed by atoms with E-state index in [4.69, 9.17) is 5.14 Å². The van der Waals surface area contributed by atoms with E-state index < -0.39 is 15.9 Å². The van der Waals surface area contributed by atoms with Crippen LogP contribution in [0.15, 0.2) is 77.3 Å². The Balaban J connectivity index is 1.79. The van der Waals surface area contributed by atoms with Crippen molar-refractivity contribution in [2.75, 3.05) is 10.6 Å². The van der Waals surface area contributed by atoms with Crippen LogP contribution in [0.25, 0.3) is 10.8 Å². The molecule has 0 saturated heterocycles. The third-order valence-electron chi connectivity index (χ3n) is 4.08. The number of phenolic OH excluding ortho intramolecular Hbond substituents is 1. The average Bonchev–Trinajstić information content (AvgIpc) is 2.69. The third kappa shape index (κ3) is 4.52. The molecule has 0 aliphatic rings. The van der Waals surface area contributed by atoms with E-state index >= 15 is 0 Å². The Morgan fingerprint density at radius 1 is 1.03 bits per heavy atom. The predicted molar refractivity (Wildman–Crippen MR) is 109 cm³/mol. The zero-order valence-corrected chi connectivity index (χ0v) is 15.8. The molecule has 0 aliphatic carbocycles. The number of nitrogens with zero attached hydrogens (tertiary/aromatic N) is 1. The van der Waals surface area contributed by atoms with Gasteiger partial charge in [-0.15, -0.1) is 0 Å². The van der Waals surface area contributed by atoms with Gasteiger partial charge in [0, 0.05) is 28.3 Å². The molecule has 0 unspecified atom stereocenters. The lowest BCUT2D eigenvalue weighted by atomic mass is 10.1. The van der Waals surface area contributed by atoms with Gasteiger partial charge >= 0.3 is 0 Å². The van der Waals surface area contributed by atoms with E-state index in [0.29, 0.717) is 22.1 Å². The number of nitrogens with one attached hydrogen (secondary N) is 2. The minimum Gasteiger partial charge on any atom is -0.507 e. The number of benzene rings is 3. The molecule has 3 aromatic carbocycles. The molecule has 29 heavy (non-hydrogen) atoms. The summed E-state index contributed by atoms with van der Waals surface area (Å²) in [6.45, 7) is 0. The molecule has 0 aliphatic heterocycles. The summed E-state index contributed by atoms with van der Waals surface area (Å²) in [5, 5.41) is 30.9. The van der Waals surface area contributed by atoms with Crippen LogP contribution in [-0.2, 0) is 14.8 Å². The number of nitrogens with two attached hydrogens (primary N) is 1. The summed E-state index contributed by atoms with van der Waals surface area (Å²) in [6.07, 6.45) is 1.21. The number of carbonyl (C=O) groups is 1. The maximum absolute atomic E-state index is 12.5. The van der Waals surface area contributed by atoms with Gasteiger partial charge in [-0.3, -0.25) is 4.79 Å². The fraction of sp³-hybridized carbons (Fsp3) is 0. The molecule has 146 valence electrons. The molecule has 3 aromatic rings. The van der Waals surface area contributed by atoms with Crippen LogP contribution in [0.1, 0.15) is 0 Å². The molecule has 0 radical (unpaired) electrons. The summed E-state index contributed by atoms with van der Waals surface area (Å²) in [4.78, 5) is 12.4. The Morgan fingerprint density at radius 2 is 1.69 bits per heavy atom. The number of rotatable bonds is 5. The van der Waals surface area contributed by atoms with E-state index in [0.717, 1.165) is 0 Å². The quantitative estimate of drug-likeness (QED) is 0.377. The number of anilines is 2. The van der Waals surface area contributed by atoms with Gasteiger partial charge in [0.25, 0.3) is 5.91 Å². The summed E-state index contributed by atoms with van der Waals surface area (Å²) >= 11 is 0. The van der Waals surface area contributed by atoms with E-state index in [2.05, 4.69) is 10.6 Å². The molecule has 0 atom stereocenters. The molecule has 9 heteroatoms. The molecule has 8 nitrogen and oxygen atoms in total. The number of amides is 1. The van der Waals surface area contributed by atoms with E-state index in [9.17, 15) is 23.6 Å². The van der Waals surface area contributed by atoms with Crippen molar-refractivity contribution in [3.05, 3.63) is 72.4 Å². The van der Waals surface area contributed by atoms with Crippen LogP contribution in [0.2, 0.25) is 0 Å². The number of hydrogen-bond donors (Lipinski definition) is 4. The maximum atomic E-state index is 12.5. The van der Waals surface area contributed by atoms with Crippen LogP contribution in [0, 0.1) is 11.3 Å². The second-order valence-corrected chi connectivity index (χ2v) is 7.58. The second-order valence-electron chi connectivity index (χ2n) is 6.02. The van der Waals surface area contributed by atoms with Crippen molar-refractivity contribution in [2.24, 2.45) is 5.14 Å². The zero-order chi connectivity index (χ0) is 21.0. The molecule has 0 fully saturated rings. The van der Waals surface area contributed by atoms with Crippen molar-refractivity contribution in [1.29, 1.82) is 5.26 Å². The highest BCUT2D eigenvalue weighted by atomic mass is 32.2. The van der Waals surface area contributed by atoms with Crippen molar-refractivity contribution in [1.82, 2.24) is 0 Å². The predicted octanol–water partition coefficient (Wildman–Crippen LogP) is 2.65. The lowest BCUT2D eigenvalue weighted by Crippen LogP contribution is -2.15. The number of phenols is 1. The highest BCUT2D eigenvalue weighted by Crippen LogP contribution is 2.30.